The van der Waals surface area contributed by atoms with E-state index in [1.165, 1.54) is 16.5 Å². The maximum Gasteiger partial charge on any atom is 0.137 e. The van der Waals surface area contributed by atoms with Gasteiger partial charge < -0.3 is 15.0 Å². The van der Waals surface area contributed by atoms with E-state index in [0.29, 0.717) is 5.92 Å². The first-order chi connectivity index (χ1) is 12.7. The van der Waals surface area contributed by atoms with E-state index in [9.17, 15) is 5.11 Å². The third kappa shape index (κ3) is 3.53. The maximum atomic E-state index is 10.7. The summed E-state index contributed by atoms with van der Waals surface area (Å²) in [5, 5.41) is 11.9. The molecule has 3 aromatic rings. The highest BCUT2D eigenvalue weighted by molar-refractivity contribution is 5.80. The Labute approximate surface area is 154 Å². The smallest absolute Gasteiger partial charge is 0.137 e. The van der Waals surface area contributed by atoms with Gasteiger partial charge in [0.25, 0.3) is 0 Å². The van der Waals surface area contributed by atoms with Gasteiger partial charge in [0.05, 0.1) is 6.10 Å². The van der Waals surface area contributed by atoms with Crippen molar-refractivity contribution in [2.24, 2.45) is 0 Å². The van der Waals surface area contributed by atoms with Crippen LogP contribution in [0.1, 0.15) is 42.7 Å². The summed E-state index contributed by atoms with van der Waals surface area (Å²) in [7, 11) is 0. The van der Waals surface area contributed by atoms with Crippen molar-refractivity contribution in [3.8, 4) is 0 Å². The summed E-state index contributed by atoms with van der Waals surface area (Å²) < 4.78 is 0. The van der Waals surface area contributed by atoms with Gasteiger partial charge in [-0.15, -0.1) is 0 Å². The first-order valence-corrected chi connectivity index (χ1v) is 9.59. The van der Waals surface area contributed by atoms with E-state index in [1.807, 2.05) is 30.5 Å². The molecule has 4 heteroatoms. The topological polar surface area (TPSA) is 52.1 Å². The molecule has 0 bridgehead atoms. The molecule has 1 fully saturated rings. The second-order valence-corrected chi connectivity index (χ2v) is 7.49. The van der Waals surface area contributed by atoms with Crippen LogP contribution in [-0.4, -0.2) is 45.7 Å². The molecule has 1 saturated heterocycles. The summed E-state index contributed by atoms with van der Waals surface area (Å²) in [6.45, 7) is 4.94. The Morgan fingerprint density at radius 3 is 2.69 bits per heavy atom. The van der Waals surface area contributed by atoms with Crippen LogP contribution >= 0.6 is 0 Å². The third-order valence-corrected chi connectivity index (χ3v) is 5.86. The van der Waals surface area contributed by atoms with E-state index in [-0.39, 0.29) is 12.0 Å². The molecule has 136 valence electrons. The molecule has 2 unspecified atom stereocenters. The molecule has 0 radical (unpaired) electrons. The van der Waals surface area contributed by atoms with E-state index in [2.05, 4.69) is 46.2 Å². The Morgan fingerprint density at radius 1 is 1.15 bits per heavy atom. The average molecular weight is 349 g/mol. The largest absolute Gasteiger partial charge is 0.391 e. The Bertz CT molecular complexity index is 837. The number of likely N-dealkylation sites (tertiary alicyclic amines) is 1. The molecular weight excluding hydrogens is 322 g/mol. The minimum absolute atomic E-state index is 0.161. The number of aliphatic hydroxyl groups excluding tert-OH is 1. The van der Waals surface area contributed by atoms with Gasteiger partial charge in [-0.25, -0.2) is 4.98 Å². The average Bonchev–Trinajstić information content (AvgIpc) is 3.13. The zero-order valence-corrected chi connectivity index (χ0v) is 15.3. The highest BCUT2D eigenvalue weighted by Gasteiger charge is 2.26. The van der Waals surface area contributed by atoms with Crippen molar-refractivity contribution in [2.75, 3.05) is 19.6 Å². The van der Waals surface area contributed by atoms with E-state index in [1.54, 1.807) is 0 Å². The normalized spacial score (nSPS) is 18.8. The van der Waals surface area contributed by atoms with Crippen molar-refractivity contribution >= 4 is 11.0 Å². The SMILES string of the molecule is CC(c1ccccc1)C(O)CN1CCC(c2c[nH]c3ncccc23)CC1. The number of aromatic amines is 1. The predicted molar refractivity (Wildman–Crippen MR) is 105 cm³/mol. The van der Waals surface area contributed by atoms with Crippen molar-refractivity contribution in [3.63, 3.8) is 0 Å². The molecule has 1 aliphatic rings. The number of nitrogens with zero attached hydrogens (tertiary/aromatic N) is 2. The molecule has 0 amide bonds. The van der Waals surface area contributed by atoms with Crippen LogP contribution in [0.4, 0.5) is 0 Å². The third-order valence-electron chi connectivity index (χ3n) is 5.86. The number of aromatic nitrogens is 2. The van der Waals surface area contributed by atoms with Crippen LogP contribution < -0.4 is 0 Å². The number of benzene rings is 1. The molecule has 26 heavy (non-hydrogen) atoms. The molecule has 0 aliphatic carbocycles. The van der Waals surface area contributed by atoms with Gasteiger partial charge in [-0.3, -0.25) is 0 Å². The number of nitrogens with one attached hydrogen (secondary N) is 1. The minimum Gasteiger partial charge on any atom is -0.391 e. The highest BCUT2D eigenvalue weighted by Crippen LogP contribution is 2.33. The summed E-state index contributed by atoms with van der Waals surface area (Å²) in [6, 6.07) is 14.5. The van der Waals surface area contributed by atoms with Crippen LogP contribution in [0.2, 0.25) is 0 Å². The van der Waals surface area contributed by atoms with Crippen molar-refractivity contribution in [2.45, 2.75) is 37.7 Å². The van der Waals surface area contributed by atoms with E-state index >= 15 is 0 Å². The van der Waals surface area contributed by atoms with Crippen LogP contribution in [0.25, 0.3) is 11.0 Å². The summed E-state index contributed by atoms with van der Waals surface area (Å²) >= 11 is 0. The molecule has 0 saturated carbocycles. The van der Waals surface area contributed by atoms with E-state index in [4.69, 9.17) is 0 Å². The molecule has 1 aromatic carbocycles. The fourth-order valence-corrected chi connectivity index (χ4v) is 4.14. The van der Waals surface area contributed by atoms with Crippen LogP contribution in [0, 0.1) is 0 Å². The predicted octanol–water partition coefficient (Wildman–Crippen LogP) is 3.91. The number of H-pyrrole nitrogens is 1. The Hall–Kier alpha value is -2.17. The molecule has 2 N–H and O–H groups in total. The summed E-state index contributed by atoms with van der Waals surface area (Å²) in [6.07, 6.45) is 5.90. The zero-order valence-electron chi connectivity index (χ0n) is 15.3. The fourth-order valence-electron chi connectivity index (χ4n) is 4.14. The highest BCUT2D eigenvalue weighted by atomic mass is 16.3. The van der Waals surface area contributed by atoms with Gasteiger partial charge in [-0.05, 0) is 55.1 Å². The van der Waals surface area contributed by atoms with Crippen molar-refractivity contribution in [3.05, 3.63) is 66.0 Å². The van der Waals surface area contributed by atoms with Crippen molar-refractivity contribution in [1.29, 1.82) is 0 Å². The zero-order chi connectivity index (χ0) is 17.9. The number of fused-ring (bicyclic) bond motifs is 1. The number of β-amino-alcohol motifs (C(OH)–C–C–N with tert-alkyl or cyclic N) is 1. The van der Waals surface area contributed by atoms with Gasteiger partial charge >= 0.3 is 0 Å². The van der Waals surface area contributed by atoms with E-state index in [0.717, 1.165) is 38.1 Å². The number of rotatable bonds is 5. The van der Waals surface area contributed by atoms with Crippen LogP contribution in [0.3, 0.4) is 0 Å². The lowest BCUT2D eigenvalue weighted by Crippen LogP contribution is -2.40. The molecule has 2 atom stereocenters. The maximum absolute atomic E-state index is 10.7. The van der Waals surface area contributed by atoms with Gasteiger partial charge in [-0.1, -0.05) is 37.3 Å². The molecule has 0 spiro atoms. The summed E-state index contributed by atoms with van der Waals surface area (Å²) in [5.74, 6) is 0.738. The molecule has 2 aromatic heterocycles. The fraction of sp³-hybridized carbons (Fsp3) is 0.409. The Balaban J connectivity index is 1.35. The van der Waals surface area contributed by atoms with Gasteiger partial charge in [0.1, 0.15) is 5.65 Å². The lowest BCUT2D eigenvalue weighted by atomic mass is 9.88. The molecular formula is C22H27N3O. The van der Waals surface area contributed by atoms with Crippen molar-refractivity contribution in [1.82, 2.24) is 14.9 Å². The van der Waals surface area contributed by atoms with Crippen molar-refractivity contribution < 1.29 is 5.11 Å². The molecule has 4 rings (SSSR count). The molecule has 4 nitrogen and oxygen atoms in total. The van der Waals surface area contributed by atoms with Crippen LogP contribution in [0.15, 0.2) is 54.9 Å². The first kappa shape index (κ1) is 17.3. The number of pyridine rings is 1. The monoisotopic (exact) mass is 349 g/mol. The molecule has 1 aliphatic heterocycles. The van der Waals surface area contributed by atoms with Gasteiger partial charge in [0.2, 0.25) is 0 Å². The lowest BCUT2D eigenvalue weighted by molar-refractivity contribution is 0.0814. The Kier molecular flexibility index (Phi) is 5.05. The number of hydrogen-bond acceptors (Lipinski definition) is 3. The molecule has 3 heterocycles. The number of hydrogen-bond donors (Lipinski definition) is 2. The van der Waals surface area contributed by atoms with Gasteiger partial charge in [-0.2, -0.15) is 0 Å². The van der Waals surface area contributed by atoms with E-state index < -0.39 is 0 Å². The van der Waals surface area contributed by atoms with Crippen LogP contribution in [-0.2, 0) is 0 Å². The van der Waals surface area contributed by atoms with Gasteiger partial charge in [0.15, 0.2) is 0 Å². The minimum atomic E-state index is -0.328. The lowest BCUT2D eigenvalue weighted by Gasteiger charge is -2.34. The second-order valence-electron chi connectivity index (χ2n) is 7.49. The summed E-state index contributed by atoms with van der Waals surface area (Å²) in [4.78, 5) is 10.1. The standard InChI is InChI=1S/C22H27N3O/c1-16(17-6-3-2-4-7-17)21(26)15-25-12-9-18(10-13-25)20-14-24-22-19(20)8-5-11-23-22/h2-8,11,14,16,18,21,26H,9-10,12-13,15H2,1H3,(H,23,24). The quantitative estimate of drug-likeness (QED) is 0.734. The Morgan fingerprint density at radius 2 is 1.92 bits per heavy atom. The number of aliphatic hydroxyl groups is 1. The van der Waals surface area contributed by atoms with Crippen LogP contribution in [0.5, 0.6) is 0 Å². The number of piperidine rings is 1. The van der Waals surface area contributed by atoms with Gasteiger partial charge in [0, 0.05) is 30.2 Å². The second kappa shape index (κ2) is 7.60. The first-order valence-electron chi connectivity index (χ1n) is 9.59. The summed E-state index contributed by atoms with van der Waals surface area (Å²) in [5.41, 5.74) is 3.59.